The first-order valence-electron chi connectivity index (χ1n) is 29.0. The predicted molar refractivity (Wildman–Crippen MR) is 352 cm³/mol. The molecule has 12 aromatic carbocycles. The van der Waals surface area contributed by atoms with Crippen molar-refractivity contribution in [3.8, 4) is 78.3 Å². The topological polar surface area (TPSA) is 24.9 Å². The van der Waals surface area contributed by atoms with E-state index in [4.69, 9.17) is 9.47 Å². The zero-order valence-corrected chi connectivity index (χ0v) is 48.2. The van der Waals surface area contributed by atoms with Crippen LogP contribution in [0, 0.1) is 0 Å². The molecule has 0 saturated heterocycles. The molecule has 1 aliphatic carbocycles. The van der Waals surface area contributed by atoms with Gasteiger partial charge < -0.3 is 19.3 Å². The molecule has 1 unspecified atom stereocenters. The lowest BCUT2D eigenvalue weighted by Gasteiger charge is -2.29. The van der Waals surface area contributed by atoms with Gasteiger partial charge in [-0.3, -0.25) is 0 Å². The molecule has 0 amide bonds. The van der Waals surface area contributed by atoms with Crippen molar-refractivity contribution in [1.82, 2.24) is 0 Å². The van der Waals surface area contributed by atoms with E-state index in [1.54, 1.807) is 14.2 Å². The minimum atomic E-state index is -0.286. The minimum absolute atomic E-state index is 0.0680. The van der Waals surface area contributed by atoms with Crippen LogP contribution in [0.15, 0.2) is 297 Å². The van der Waals surface area contributed by atoms with E-state index in [9.17, 15) is 0 Å². The summed E-state index contributed by atoms with van der Waals surface area (Å²) in [6.45, 7) is 7.21. The Kier molecular flexibility index (Phi) is 14.3. The van der Waals surface area contributed by atoms with E-state index in [1.807, 2.05) is 0 Å². The Morgan fingerprint density at radius 3 is 0.917 bits per heavy atom. The van der Waals surface area contributed by atoms with Gasteiger partial charge in [0.1, 0.15) is 11.5 Å². The Balaban J connectivity index is 0.852. The molecule has 1 atom stereocenters. The highest BCUT2D eigenvalue weighted by Gasteiger charge is 2.46. The fourth-order valence-corrected chi connectivity index (χ4v) is 12.9. The molecule has 0 radical (unpaired) electrons. The molecule has 408 valence electrons. The summed E-state index contributed by atoms with van der Waals surface area (Å²) in [4.78, 5) is 4.69. The maximum Gasteiger partial charge on any atom is 0.126 e. The SMILES string of the molecule is COc1ccc(N(c2ccc(-c3ccccc3)cc2)c2ccc(-c3ccccc3)cc2)cc1-c1ccc(C2(C)CC(C)(C)c3ccc(-c4cc(N(c5ccc(-c6ccccc6)cc5)c5ccc(-c6ccccc6)cc5)ccc4OC)cc32)cc1. The van der Waals surface area contributed by atoms with Gasteiger partial charge in [0.05, 0.1) is 14.2 Å². The number of ether oxygens (including phenoxy) is 2. The molecule has 12 aromatic rings. The molecule has 0 fully saturated rings. The third kappa shape index (κ3) is 10.3. The summed E-state index contributed by atoms with van der Waals surface area (Å²) < 4.78 is 12.4. The highest BCUT2D eigenvalue weighted by Crippen LogP contribution is 2.55. The first kappa shape index (κ1) is 53.2. The molecule has 0 N–H and O–H groups in total. The summed E-state index contributed by atoms with van der Waals surface area (Å²) in [6, 6.07) is 107. The summed E-state index contributed by atoms with van der Waals surface area (Å²) in [5, 5.41) is 0. The summed E-state index contributed by atoms with van der Waals surface area (Å²) in [5.41, 5.74) is 23.6. The highest BCUT2D eigenvalue weighted by atomic mass is 16.5. The Hall–Kier alpha value is -10.2. The third-order valence-electron chi connectivity index (χ3n) is 17.1. The van der Waals surface area contributed by atoms with Gasteiger partial charge >= 0.3 is 0 Å². The molecule has 0 aromatic heterocycles. The van der Waals surface area contributed by atoms with Crippen LogP contribution in [0.3, 0.4) is 0 Å². The van der Waals surface area contributed by atoms with Crippen molar-refractivity contribution in [2.24, 2.45) is 0 Å². The maximum absolute atomic E-state index is 6.23. The number of hydrogen-bond donors (Lipinski definition) is 0. The van der Waals surface area contributed by atoms with E-state index in [0.717, 1.165) is 74.3 Å². The fourth-order valence-electron chi connectivity index (χ4n) is 12.9. The molecule has 84 heavy (non-hydrogen) atoms. The largest absolute Gasteiger partial charge is 0.496 e. The van der Waals surface area contributed by atoms with Crippen LogP contribution in [0.25, 0.3) is 66.8 Å². The number of nitrogens with zero attached hydrogens (tertiary/aromatic N) is 2. The van der Waals surface area contributed by atoms with Crippen molar-refractivity contribution in [1.29, 1.82) is 0 Å². The Labute approximate surface area is 495 Å². The van der Waals surface area contributed by atoms with Crippen molar-refractivity contribution >= 4 is 34.1 Å². The molecule has 0 aliphatic heterocycles. The molecule has 4 nitrogen and oxygen atoms in total. The number of rotatable bonds is 15. The zero-order valence-electron chi connectivity index (χ0n) is 48.2. The van der Waals surface area contributed by atoms with Crippen LogP contribution in [0.1, 0.15) is 43.9 Å². The van der Waals surface area contributed by atoms with Gasteiger partial charge in [-0.15, -0.1) is 0 Å². The smallest absolute Gasteiger partial charge is 0.126 e. The number of benzene rings is 12. The van der Waals surface area contributed by atoms with Gasteiger partial charge in [-0.2, -0.15) is 0 Å². The Morgan fingerprint density at radius 2 is 0.571 bits per heavy atom. The molecule has 0 bridgehead atoms. The first-order chi connectivity index (χ1) is 41.1. The van der Waals surface area contributed by atoms with Gasteiger partial charge in [0.2, 0.25) is 0 Å². The number of anilines is 6. The monoisotopic (exact) mass is 1090 g/mol. The predicted octanol–water partition coefficient (Wildman–Crippen LogP) is 21.6. The fraction of sp³-hybridized carbons (Fsp3) is 0.100. The molecule has 0 heterocycles. The first-order valence-corrected chi connectivity index (χ1v) is 29.0. The number of hydrogen-bond acceptors (Lipinski definition) is 4. The second-order valence-electron chi connectivity index (χ2n) is 22.8. The lowest BCUT2D eigenvalue weighted by Crippen LogP contribution is -2.23. The van der Waals surface area contributed by atoms with Crippen LogP contribution in [-0.4, -0.2) is 14.2 Å². The standard InChI is InChI=1S/C80H66N2O2/c1-79(2)55-80(3,66-37-26-64(27-38-66)73-53-71(47-50-77(73)83-4)81(67-39-28-60(29-40-67)56-18-10-6-11-19-56)68-41-30-61(31-42-68)57-20-12-7-13-21-57)76-52-65(36-49-75(76)79)74-54-72(48-51-78(74)84-5)82(69-43-32-62(33-44-69)58-22-14-8-15-23-58)70-45-34-63(35-46-70)59-24-16-9-17-25-59/h6-54H,55H2,1-5H3. The van der Waals surface area contributed by atoms with Gasteiger partial charge in [-0.05, 0) is 175 Å². The van der Waals surface area contributed by atoms with E-state index < -0.39 is 0 Å². The van der Waals surface area contributed by atoms with E-state index in [2.05, 4.69) is 328 Å². The van der Waals surface area contributed by atoms with Gasteiger partial charge in [-0.25, -0.2) is 0 Å². The molecule has 4 heteroatoms. The van der Waals surface area contributed by atoms with Crippen LogP contribution >= 0.6 is 0 Å². The summed E-state index contributed by atoms with van der Waals surface area (Å²) in [7, 11) is 3.54. The summed E-state index contributed by atoms with van der Waals surface area (Å²) >= 11 is 0. The average molecular weight is 1090 g/mol. The van der Waals surface area contributed by atoms with Crippen molar-refractivity contribution < 1.29 is 9.47 Å². The van der Waals surface area contributed by atoms with Crippen LogP contribution in [0.5, 0.6) is 11.5 Å². The van der Waals surface area contributed by atoms with E-state index >= 15 is 0 Å². The van der Waals surface area contributed by atoms with Crippen LogP contribution in [0.4, 0.5) is 34.1 Å². The molecular weight excluding hydrogens is 1020 g/mol. The number of methoxy groups -OCH3 is 2. The minimum Gasteiger partial charge on any atom is -0.496 e. The van der Waals surface area contributed by atoms with Crippen LogP contribution in [-0.2, 0) is 10.8 Å². The second kappa shape index (κ2) is 22.6. The van der Waals surface area contributed by atoms with Crippen molar-refractivity contribution in [2.45, 2.75) is 38.0 Å². The number of fused-ring (bicyclic) bond motifs is 1. The van der Waals surface area contributed by atoms with Crippen molar-refractivity contribution in [2.75, 3.05) is 24.0 Å². The van der Waals surface area contributed by atoms with Crippen molar-refractivity contribution in [3.05, 3.63) is 314 Å². The van der Waals surface area contributed by atoms with E-state index in [1.165, 1.54) is 61.2 Å². The maximum atomic E-state index is 6.23. The van der Waals surface area contributed by atoms with Crippen LogP contribution < -0.4 is 19.3 Å². The van der Waals surface area contributed by atoms with E-state index in [-0.39, 0.29) is 10.8 Å². The quantitative estimate of drug-likeness (QED) is 0.102. The highest BCUT2D eigenvalue weighted by molar-refractivity contribution is 5.87. The van der Waals surface area contributed by atoms with Crippen LogP contribution in [0.2, 0.25) is 0 Å². The summed E-state index contributed by atoms with van der Waals surface area (Å²) in [6.07, 6.45) is 0.959. The van der Waals surface area contributed by atoms with Gasteiger partial charge in [-0.1, -0.05) is 227 Å². The molecule has 1 aliphatic rings. The van der Waals surface area contributed by atoms with E-state index in [0.29, 0.717) is 0 Å². The molecular formula is C80H66N2O2. The van der Waals surface area contributed by atoms with Gasteiger partial charge in [0.15, 0.2) is 0 Å². The zero-order chi connectivity index (χ0) is 57.2. The normalized spacial score (nSPS) is 14.1. The van der Waals surface area contributed by atoms with Crippen molar-refractivity contribution in [3.63, 3.8) is 0 Å². The Morgan fingerprint density at radius 1 is 0.274 bits per heavy atom. The Bertz CT molecular complexity index is 4060. The molecule has 13 rings (SSSR count). The van der Waals surface area contributed by atoms with Gasteiger partial charge in [0, 0.05) is 50.7 Å². The molecule has 0 saturated carbocycles. The second-order valence-corrected chi connectivity index (χ2v) is 22.8. The molecule has 0 spiro atoms. The summed E-state index contributed by atoms with van der Waals surface area (Å²) in [5.74, 6) is 1.64. The average Bonchev–Trinajstić information content (AvgIpc) is 2.76. The third-order valence-corrected chi connectivity index (χ3v) is 17.1. The lowest BCUT2D eigenvalue weighted by atomic mass is 9.74. The lowest BCUT2D eigenvalue weighted by molar-refractivity contribution is 0.416. The van der Waals surface area contributed by atoms with Gasteiger partial charge in [0.25, 0.3) is 0 Å².